The lowest BCUT2D eigenvalue weighted by Crippen LogP contribution is -2.13. The van der Waals surface area contributed by atoms with Crippen LogP contribution in [0.25, 0.3) is 10.8 Å². The van der Waals surface area contributed by atoms with E-state index in [1.54, 1.807) is 24.3 Å². The third kappa shape index (κ3) is 3.54. The maximum atomic E-state index is 12.1. The van der Waals surface area contributed by atoms with Gasteiger partial charge in [0.05, 0.1) is 5.56 Å². The van der Waals surface area contributed by atoms with Gasteiger partial charge in [-0.1, -0.05) is 12.6 Å². The Hall–Kier alpha value is -3.02. The molecule has 0 spiro atoms. The topological polar surface area (TPSA) is 105 Å². The number of fused-ring (bicyclic) bond motifs is 1. The Bertz CT molecular complexity index is 735. The summed E-state index contributed by atoms with van der Waals surface area (Å²) in [7, 11) is 0. The van der Waals surface area contributed by atoms with Gasteiger partial charge >= 0.3 is 11.9 Å². The van der Waals surface area contributed by atoms with Crippen molar-refractivity contribution in [2.24, 2.45) is 0 Å². The predicted octanol–water partition coefficient (Wildman–Crippen LogP) is 1.89. The molecule has 114 valence electrons. The van der Waals surface area contributed by atoms with Crippen LogP contribution in [0.2, 0.25) is 0 Å². The van der Waals surface area contributed by atoms with E-state index < -0.39 is 11.9 Å². The van der Waals surface area contributed by atoms with Crippen molar-refractivity contribution in [2.45, 2.75) is 0 Å². The smallest absolute Gasteiger partial charge is 0.338 e. The fourth-order valence-electron chi connectivity index (χ4n) is 1.99. The van der Waals surface area contributed by atoms with E-state index in [0.29, 0.717) is 22.3 Å². The third-order valence-electron chi connectivity index (χ3n) is 2.95. The number of carbonyl (C=O) groups excluding carboxylic acids is 2. The highest BCUT2D eigenvalue weighted by Crippen LogP contribution is 2.25. The van der Waals surface area contributed by atoms with Crippen LogP contribution in [0.5, 0.6) is 0 Å². The highest BCUT2D eigenvalue weighted by atomic mass is 16.6. The summed E-state index contributed by atoms with van der Waals surface area (Å²) in [6.45, 7) is 3.18. The van der Waals surface area contributed by atoms with Crippen molar-refractivity contribution < 1.29 is 19.1 Å². The summed E-state index contributed by atoms with van der Waals surface area (Å²) in [5, 5.41) is 1.45. The van der Waals surface area contributed by atoms with Gasteiger partial charge in [-0.25, -0.2) is 9.59 Å². The van der Waals surface area contributed by atoms with Gasteiger partial charge in [0.25, 0.3) is 0 Å². The van der Waals surface area contributed by atoms with Gasteiger partial charge in [-0.3, -0.25) is 0 Å². The zero-order chi connectivity index (χ0) is 16.1. The van der Waals surface area contributed by atoms with Gasteiger partial charge in [-0.15, -0.1) is 0 Å². The Morgan fingerprint density at radius 1 is 1.05 bits per heavy atom. The summed E-state index contributed by atoms with van der Waals surface area (Å²) in [5.41, 5.74) is 12.9. The molecule has 0 aliphatic heterocycles. The second-order valence-corrected chi connectivity index (χ2v) is 4.56. The van der Waals surface area contributed by atoms with Crippen molar-refractivity contribution in [3.8, 4) is 0 Å². The summed E-state index contributed by atoms with van der Waals surface area (Å²) in [6, 6.07) is 8.43. The first-order valence-electron chi connectivity index (χ1n) is 6.56. The molecule has 6 heteroatoms. The minimum atomic E-state index is -0.569. The van der Waals surface area contributed by atoms with Crippen LogP contribution in [0.4, 0.5) is 11.4 Å². The fraction of sp³-hybridized carbons (Fsp3) is 0.125. The Kier molecular flexibility index (Phi) is 4.63. The van der Waals surface area contributed by atoms with Gasteiger partial charge in [-0.2, -0.15) is 0 Å². The van der Waals surface area contributed by atoms with Crippen LogP contribution in [-0.4, -0.2) is 25.2 Å². The number of esters is 2. The van der Waals surface area contributed by atoms with Gasteiger partial charge in [0.2, 0.25) is 0 Å². The number of nitrogens with two attached hydrogens (primary N) is 2. The summed E-state index contributed by atoms with van der Waals surface area (Å²) in [5.74, 6) is -1.11. The van der Waals surface area contributed by atoms with Crippen LogP contribution >= 0.6 is 0 Å². The lowest BCUT2D eigenvalue weighted by Gasteiger charge is -2.09. The Morgan fingerprint density at radius 2 is 1.73 bits per heavy atom. The molecule has 2 aromatic rings. The summed E-state index contributed by atoms with van der Waals surface area (Å²) in [6.07, 6.45) is 1.04. The van der Waals surface area contributed by atoms with Gasteiger partial charge in [0, 0.05) is 17.5 Å². The lowest BCUT2D eigenvalue weighted by atomic mass is 10.0. The molecule has 0 unspecified atom stereocenters. The molecule has 0 saturated carbocycles. The van der Waals surface area contributed by atoms with E-state index in [-0.39, 0.29) is 13.2 Å². The number of hydrogen-bond acceptors (Lipinski definition) is 6. The second kappa shape index (κ2) is 6.62. The van der Waals surface area contributed by atoms with Gasteiger partial charge in [0.1, 0.15) is 13.2 Å². The molecule has 0 bridgehead atoms. The lowest BCUT2D eigenvalue weighted by molar-refractivity contribution is -0.138. The number of hydrogen-bond donors (Lipinski definition) is 2. The van der Waals surface area contributed by atoms with Crippen molar-refractivity contribution in [3.05, 3.63) is 48.6 Å². The SMILES string of the molecule is C=CC(=O)OCCOC(=O)c1cc(N)cc2cc(N)ccc12. The van der Waals surface area contributed by atoms with Crippen molar-refractivity contribution in [1.82, 2.24) is 0 Å². The van der Waals surface area contributed by atoms with Crippen LogP contribution in [-0.2, 0) is 14.3 Å². The van der Waals surface area contributed by atoms with E-state index >= 15 is 0 Å². The zero-order valence-corrected chi connectivity index (χ0v) is 11.9. The first kappa shape index (κ1) is 15.4. The molecule has 0 aromatic heterocycles. The zero-order valence-electron chi connectivity index (χ0n) is 11.9. The molecule has 22 heavy (non-hydrogen) atoms. The average molecular weight is 300 g/mol. The van der Waals surface area contributed by atoms with Crippen molar-refractivity contribution in [3.63, 3.8) is 0 Å². The molecule has 4 N–H and O–H groups in total. The largest absolute Gasteiger partial charge is 0.459 e. The first-order valence-corrected chi connectivity index (χ1v) is 6.56. The minimum absolute atomic E-state index is 0.0379. The number of carbonyl (C=O) groups is 2. The molecule has 2 rings (SSSR count). The number of rotatable bonds is 5. The summed E-state index contributed by atoms with van der Waals surface area (Å²) < 4.78 is 9.81. The first-order chi connectivity index (χ1) is 10.5. The van der Waals surface area contributed by atoms with E-state index in [1.807, 2.05) is 0 Å². The van der Waals surface area contributed by atoms with Gasteiger partial charge < -0.3 is 20.9 Å². The van der Waals surface area contributed by atoms with E-state index in [2.05, 4.69) is 6.58 Å². The molecule has 0 aliphatic rings. The van der Waals surface area contributed by atoms with E-state index in [1.165, 1.54) is 6.07 Å². The van der Waals surface area contributed by atoms with Crippen LogP contribution < -0.4 is 11.5 Å². The molecule has 0 heterocycles. The van der Waals surface area contributed by atoms with Crippen LogP contribution in [0.1, 0.15) is 10.4 Å². The van der Waals surface area contributed by atoms with E-state index in [9.17, 15) is 9.59 Å². The average Bonchev–Trinajstić information content (AvgIpc) is 2.49. The van der Waals surface area contributed by atoms with Crippen LogP contribution in [0, 0.1) is 0 Å². The third-order valence-corrected chi connectivity index (χ3v) is 2.95. The Morgan fingerprint density at radius 3 is 2.45 bits per heavy atom. The predicted molar refractivity (Wildman–Crippen MR) is 84.2 cm³/mol. The monoisotopic (exact) mass is 300 g/mol. The maximum Gasteiger partial charge on any atom is 0.338 e. The Balaban J connectivity index is 2.14. The number of benzene rings is 2. The molecular weight excluding hydrogens is 284 g/mol. The molecule has 0 amide bonds. The molecular formula is C16H16N2O4. The van der Waals surface area contributed by atoms with Crippen LogP contribution in [0.3, 0.4) is 0 Å². The molecule has 0 saturated heterocycles. The van der Waals surface area contributed by atoms with Gasteiger partial charge in [0.15, 0.2) is 0 Å². The highest BCUT2D eigenvalue weighted by molar-refractivity contribution is 6.06. The normalized spacial score (nSPS) is 10.2. The number of anilines is 2. The van der Waals surface area contributed by atoms with E-state index in [4.69, 9.17) is 20.9 Å². The van der Waals surface area contributed by atoms with Crippen molar-refractivity contribution in [1.29, 1.82) is 0 Å². The minimum Gasteiger partial charge on any atom is -0.459 e. The molecule has 0 fully saturated rings. The van der Waals surface area contributed by atoms with E-state index in [0.717, 1.165) is 11.5 Å². The molecule has 6 nitrogen and oxygen atoms in total. The highest BCUT2D eigenvalue weighted by Gasteiger charge is 2.13. The standard InChI is InChI=1S/C16H16N2O4/c1-2-15(19)21-5-6-22-16(20)14-9-12(18)8-10-7-11(17)3-4-13(10)14/h2-4,7-9H,1,5-6,17-18H2. The summed E-state index contributed by atoms with van der Waals surface area (Å²) >= 11 is 0. The molecule has 2 aromatic carbocycles. The van der Waals surface area contributed by atoms with Crippen molar-refractivity contribution >= 4 is 34.1 Å². The fourth-order valence-corrected chi connectivity index (χ4v) is 1.99. The quantitative estimate of drug-likeness (QED) is 0.378. The van der Waals surface area contributed by atoms with Crippen LogP contribution in [0.15, 0.2) is 43.0 Å². The second-order valence-electron chi connectivity index (χ2n) is 4.56. The number of nitrogen functional groups attached to an aromatic ring is 2. The molecule has 0 aliphatic carbocycles. The maximum absolute atomic E-state index is 12.1. The van der Waals surface area contributed by atoms with Gasteiger partial charge in [-0.05, 0) is 35.0 Å². The summed E-state index contributed by atoms with van der Waals surface area (Å²) in [4.78, 5) is 23.0. The van der Waals surface area contributed by atoms with Crippen molar-refractivity contribution in [2.75, 3.05) is 24.7 Å². The Labute approximate surface area is 127 Å². The molecule has 0 radical (unpaired) electrons. The molecule has 0 atom stereocenters. The number of ether oxygens (including phenoxy) is 2.